The van der Waals surface area contributed by atoms with Crippen LogP contribution in [0, 0.1) is 6.92 Å². The Hall–Kier alpha value is -2.04. The van der Waals surface area contributed by atoms with E-state index >= 15 is 0 Å². The van der Waals surface area contributed by atoms with Crippen molar-refractivity contribution in [3.05, 3.63) is 35.4 Å². The molecule has 1 atom stereocenters. The lowest BCUT2D eigenvalue weighted by molar-refractivity contribution is -0.138. The van der Waals surface area contributed by atoms with Crippen LogP contribution in [-0.2, 0) is 16.1 Å². The normalized spacial score (nSPS) is 18.8. The van der Waals surface area contributed by atoms with E-state index < -0.39 is 18.2 Å². The lowest BCUT2D eigenvalue weighted by Gasteiger charge is -2.12. The van der Waals surface area contributed by atoms with Crippen molar-refractivity contribution in [3.63, 3.8) is 0 Å². The highest BCUT2D eigenvalue weighted by Crippen LogP contribution is 2.17. The van der Waals surface area contributed by atoms with Gasteiger partial charge in [0.25, 0.3) is 0 Å². The fraction of sp³-hybridized carbons (Fsp3) is 0.385. The fourth-order valence-electron chi connectivity index (χ4n) is 1.92. The Morgan fingerprint density at radius 3 is 2.72 bits per heavy atom. The molecule has 1 aliphatic rings. The lowest BCUT2D eigenvalue weighted by atomic mass is 10.1. The minimum absolute atomic E-state index is 0.143. The molecule has 18 heavy (non-hydrogen) atoms. The minimum Gasteiger partial charge on any atom is -0.481 e. The minimum atomic E-state index is -0.954. The second-order valence-corrected chi connectivity index (χ2v) is 4.47. The molecule has 1 amide bonds. The Bertz CT molecular complexity index is 455. The van der Waals surface area contributed by atoms with Gasteiger partial charge in [0.1, 0.15) is 6.10 Å². The summed E-state index contributed by atoms with van der Waals surface area (Å²) < 4.78 is 4.99. The number of cyclic esters (lactones) is 1. The standard InChI is InChI=1S/C13H15NO4/c1-9-2-4-10(5-3-9)7-14-8-11(6-12(15)16)18-13(14)17/h2-5,11H,6-8H2,1H3,(H,15,16). The van der Waals surface area contributed by atoms with Gasteiger partial charge in [0.05, 0.1) is 13.0 Å². The average molecular weight is 249 g/mol. The van der Waals surface area contributed by atoms with Crippen molar-refractivity contribution in [2.24, 2.45) is 0 Å². The van der Waals surface area contributed by atoms with Crippen LogP contribution in [0.4, 0.5) is 4.79 Å². The Morgan fingerprint density at radius 2 is 2.11 bits per heavy atom. The molecule has 5 heteroatoms. The summed E-state index contributed by atoms with van der Waals surface area (Å²) in [5.41, 5.74) is 2.17. The number of carboxylic acids is 1. The largest absolute Gasteiger partial charge is 0.481 e. The van der Waals surface area contributed by atoms with Crippen LogP contribution in [0.2, 0.25) is 0 Å². The zero-order valence-electron chi connectivity index (χ0n) is 10.1. The number of hydrogen-bond donors (Lipinski definition) is 1. The van der Waals surface area contributed by atoms with Gasteiger partial charge in [-0.15, -0.1) is 0 Å². The Kier molecular flexibility index (Phi) is 3.50. The van der Waals surface area contributed by atoms with Crippen LogP contribution in [0.1, 0.15) is 17.5 Å². The second kappa shape index (κ2) is 5.08. The molecule has 0 saturated carbocycles. The summed E-state index contributed by atoms with van der Waals surface area (Å²) >= 11 is 0. The molecule has 0 spiro atoms. The van der Waals surface area contributed by atoms with E-state index in [9.17, 15) is 9.59 Å². The molecule has 1 unspecified atom stereocenters. The lowest BCUT2D eigenvalue weighted by Crippen LogP contribution is -2.25. The van der Waals surface area contributed by atoms with Crippen molar-refractivity contribution in [2.75, 3.05) is 6.54 Å². The van der Waals surface area contributed by atoms with Gasteiger partial charge in [-0.2, -0.15) is 0 Å². The van der Waals surface area contributed by atoms with Crippen molar-refractivity contribution in [2.45, 2.75) is 26.0 Å². The summed E-state index contributed by atoms with van der Waals surface area (Å²) in [5, 5.41) is 8.66. The first-order chi connectivity index (χ1) is 8.54. The zero-order valence-corrected chi connectivity index (χ0v) is 10.1. The van der Waals surface area contributed by atoms with Gasteiger partial charge in [0, 0.05) is 6.54 Å². The first kappa shape index (κ1) is 12.4. The molecule has 1 N–H and O–H groups in total. The number of aliphatic carboxylic acids is 1. The van der Waals surface area contributed by atoms with Gasteiger partial charge < -0.3 is 14.7 Å². The van der Waals surface area contributed by atoms with E-state index in [1.165, 1.54) is 4.90 Å². The summed E-state index contributed by atoms with van der Waals surface area (Å²) in [7, 11) is 0. The molecule has 1 aromatic rings. The van der Waals surface area contributed by atoms with Gasteiger partial charge in [0.2, 0.25) is 0 Å². The average Bonchev–Trinajstić information content (AvgIpc) is 2.61. The molecule has 0 radical (unpaired) electrons. The molecular weight excluding hydrogens is 234 g/mol. The van der Waals surface area contributed by atoms with E-state index in [1.807, 2.05) is 31.2 Å². The second-order valence-electron chi connectivity index (χ2n) is 4.47. The van der Waals surface area contributed by atoms with Crippen LogP contribution < -0.4 is 0 Å². The summed E-state index contributed by atoms with van der Waals surface area (Å²) in [4.78, 5) is 23.6. The van der Waals surface area contributed by atoms with Crippen LogP contribution >= 0.6 is 0 Å². The molecule has 0 bridgehead atoms. The van der Waals surface area contributed by atoms with E-state index in [2.05, 4.69) is 0 Å². The van der Waals surface area contributed by atoms with Crippen molar-refractivity contribution in [3.8, 4) is 0 Å². The molecule has 1 heterocycles. The molecule has 1 fully saturated rings. The molecule has 0 aliphatic carbocycles. The maximum absolute atomic E-state index is 11.5. The summed E-state index contributed by atoms with van der Waals surface area (Å²) in [6, 6.07) is 7.86. The first-order valence-corrected chi connectivity index (χ1v) is 5.77. The number of hydrogen-bond acceptors (Lipinski definition) is 3. The Balaban J connectivity index is 1.96. The summed E-state index contributed by atoms with van der Waals surface area (Å²) in [6.45, 7) is 2.78. The zero-order chi connectivity index (χ0) is 13.1. The highest BCUT2D eigenvalue weighted by Gasteiger charge is 2.32. The van der Waals surface area contributed by atoms with E-state index in [0.717, 1.165) is 11.1 Å². The van der Waals surface area contributed by atoms with Crippen molar-refractivity contribution >= 4 is 12.1 Å². The predicted octanol–water partition coefficient (Wildman–Crippen LogP) is 1.79. The van der Waals surface area contributed by atoms with Gasteiger partial charge in [0.15, 0.2) is 0 Å². The van der Waals surface area contributed by atoms with Crippen LogP contribution in [0.5, 0.6) is 0 Å². The van der Waals surface area contributed by atoms with Crippen molar-refractivity contribution < 1.29 is 19.4 Å². The number of carbonyl (C=O) groups excluding carboxylic acids is 1. The Labute approximate surface area is 105 Å². The van der Waals surface area contributed by atoms with E-state index in [4.69, 9.17) is 9.84 Å². The molecule has 0 aromatic heterocycles. The third-order valence-corrected chi connectivity index (χ3v) is 2.85. The van der Waals surface area contributed by atoms with Gasteiger partial charge >= 0.3 is 12.1 Å². The molecule has 2 rings (SSSR count). The van der Waals surface area contributed by atoms with Crippen LogP contribution in [0.25, 0.3) is 0 Å². The molecular formula is C13H15NO4. The Morgan fingerprint density at radius 1 is 1.44 bits per heavy atom. The number of carboxylic acid groups (broad SMARTS) is 1. The molecule has 1 saturated heterocycles. The van der Waals surface area contributed by atoms with Gasteiger partial charge in [-0.05, 0) is 12.5 Å². The molecule has 1 aromatic carbocycles. The van der Waals surface area contributed by atoms with E-state index in [1.54, 1.807) is 0 Å². The third kappa shape index (κ3) is 3.00. The van der Waals surface area contributed by atoms with Crippen LogP contribution in [-0.4, -0.2) is 34.7 Å². The number of nitrogens with zero attached hydrogens (tertiary/aromatic N) is 1. The highest BCUT2D eigenvalue weighted by atomic mass is 16.6. The monoisotopic (exact) mass is 249 g/mol. The number of ether oxygens (including phenoxy) is 1. The van der Waals surface area contributed by atoms with Gasteiger partial charge in [-0.25, -0.2) is 4.79 Å². The van der Waals surface area contributed by atoms with Crippen molar-refractivity contribution in [1.82, 2.24) is 4.90 Å². The van der Waals surface area contributed by atoms with Gasteiger partial charge in [-0.3, -0.25) is 4.79 Å². The summed E-state index contributed by atoms with van der Waals surface area (Å²) in [5.74, 6) is -0.954. The number of aryl methyl sites for hydroxylation is 1. The maximum atomic E-state index is 11.5. The first-order valence-electron chi connectivity index (χ1n) is 5.77. The fourth-order valence-corrected chi connectivity index (χ4v) is 1.92. The predicted molar refractivity (Wildman–Crippen MR) is 64.1 cm³/mol. The highest BCUT2D eigenvalue weighted by molar-refractivity contribution is 5.72. The maximum Gasteiger partial charge on any atom is 0.410 e. The molecule has 5 nitrogen and oxygen atoms in total. The number of carbonyl (C=O) groups is 2. The topological polar surface area (TPSA) is 66.8 Å². The smallest absolute Gasteiger partial charge is 0.410 e. The quantitative estimate of drug-likeness (QED) is 0.883. The van der Waals surface area contributed by atoms with E-state index in [0.29, 0.717) is 13.1 Å². The number of benzene rings is 1. The van der Waals surface area contributed by atoms with Gasteiger partial charge in [-0.1, -0.05) is 29.8 Å². The summed E-state index contributed by atoms with van der Waals surface area (Å²) in [6.07, 6.45) is -1.13. The van der Waals surface area contributed by atoms with Crippen LogP contribution in [0.3, 0.4) is 0 Å². The van der Waals surface area contributed by atoms with Crippen LogP contribution in [0.15, 0.2) is 24.3 Å². The SMILES string of the molecule is Cc1ccc(CN2CC(CC(=O)O)OC2=O)cc1. The van der Waals surface area contributed by atoms with Crippen molar-refractivity contribution in [1.29, 1.82) is 0 Å². The molecule has 1 aliphatic heterocycles. The third-order valence-electron chi connectivity index (χ3n) is 2.85. The number of amides is 1. The molecule has 96 valence electrons. The van der Waals surface area contributed by atoms with E-state index in [-0.39, 0.29) is 6.42 Å². The number of rotatable bonds is 4.